The molecule has 4 saturated carbocycles. The zero-order valence-electron chi connectivity index (χ0n) is 22.4. The van der Waals surface area contributed by atoms with Crippen LogP contribution in [0.1, 0.15) is 62.4 Å². The van der Waals surface area contributed by atoms with Crippen molar-refractivity contribution in [1.82, 2.24) is 0 Å². The number of fused-ring (bicyclic) bond motifs is 2. The Kier molecular flexibility index (Phi) is 5.41. The second-order valence-corrected chi connectivity index (χ2v) is 12.8. The van der Waals surface area contributed by atoms with Gasteiger partial charge in [0.1, 0.15) is 23.7 Å². The predicted molar refractivity (Wildman–Crippen MR) is 135 cm³/mol. The number of hydrogen-bond donors (Lipinski definition) is 2. The number of ketones is 1. The Morgan fingerprint density at radius 2 is 1.79 bits per heavy atom. The summed E-state index contributed by atoms with van der Waals surface area (Å²) in [6.45, 7) is 11.4. The van der Waals surface area contributed by atoms with Gasteiger partial charge < -0.3 is 24.4 Å². The molecule has 0 aromatic heterocycles. The van der Waals surface area contributed by atoms with Crippen molar-refractivity contribution in [3.05, 3.63) is 47.5 Å². The summed E-state index contributed by atoms with van der Waals surface area (Å²) in [6, 6.07) is 6.93. The summed E-state index contributed by atoms with van der Waals surface area (Å²) in [5, 5.41) is 24.3. The van der Waals surface area contributed by atoms with Gasteiger partial charge in [-0.1, -0.05) is 38.1 Å². The molecule has 38 heavy (non-hydrogen) atoms. The van der Waals surface area contributed by atoms with E-state index in [0.717, 1.165) is 5.56 Å². The Morgan fingerprint density at radius 1 is 1.11 bits per heavy atom. The van der Waals surface area contributed by atoms with Crippen LogP contribution in [0.4, 0.5) is 0 Å². The fraction of sp³-hybridized carbons (Fsp3) is 0.633. The van der Waals surface area contributed by atoms with Gasteiger partial charge in [0.2, 0.25) is 5.79 Å². The Bertz CT molecular complexity index is 1240. The lowest BCUT2D eigenvalue weighted by Gasteiger charge is -2.74. The van der Waals surface area contributed by atoms with Gasteiger partial charge in [0.25, 0.3) is 0 Å². The van der Waals surface area contributed by atoms with Crippen LogP contribution in [-0.2, 0) is 23.8 Å². The number of benzene rings is 1. The lowest BCUT2D eigenvalue weighted by atomic mass is 9.35. The van der Waals surface area contributed by atoms with E-state index in [0.29, 0.717) is 31.2 Å². The fourth-order valence-corrected chi connectivity index (χ4v) is 9.26. The molecule has 1 unspecified atom stereocenters. The molecule has 6 fully saturated rings. The summed E-state index contributed by atoms with van der Waals surface area (Å²) in [7, 11) is 0. The molecule has 4 bridgehead atoms. The van der Waals surface area contributed by atoms with Gasteiger partial charge in [-0.25, -0.2) is 4.79 Å². The van der Waals surface area contributed by atoms with Crippen LogP contribution in [0, 0.1) is 40.9 Å². The molecule has 0 amide bonds. The molecule has 4 aliphatic carbocycles. The number of carbonyl (C=O) groups is 3. The van der Waals surface area contributed by atoms with Crippen molar-refractivity contribution in [1.29, 1.82) is 0 Å². The fourth-order valence-electron chi connectivity index (χ4n) is 9.26. The molecular formula is C30H36O8. The maximum atomic E-state index is 14.3. The van der Waals surface area contributed by atoms with Crippen molar-refractivity contribution in [2.75, 3.05) is 6.61 Å². The molecule has 204 valence electrons. The van der Waals surface area contributed by atoms with Gasteiger partial charge in [-0.2, -0.15) is 0 Å². The van der Waals surface area contributed by atoms with E-state index >= 15 is 0 Å². The third-order valence-corrected chi connectivity index (χ3v) is 10.6. The van der Waals surface area contributed by atoms with Crippen LogP contribution in [0.3, 0.4) is 0 Å². The third kappa shape index (κ3) is 2.89. The molecule has 0 radical (unpaired) electrons. The van der Waals surface area contributed by atoms with E-state index in [1.54, 1.807) is 24.3 Å². The summed E-state index contributed by atoms with van der Waals surface area (Å²) in [6.07, 6.45) is -0.902. The maximum Gasteiger partial charge on any atom is 0.338 e. The van der Waals surface area contributed by atoms with Crippen LogP contribution in [0.2, 0.25) is 0 Å². The number of esters is 2. The van der Waals surface area contributed by atoms with E-state index in [4.69, 9.17) is 14.2 Å². The first-order chi connectivity index (χ1) is 17.8. The normalized spacial score (nSPS) is 44.3. The number of aryl methyl sites for hydroxylation is 1. The number of aliphatic hydroxyl groups excluding tert-OH is 1. The summed E-state index contributed by atoms with van der Waals surface area (Å²) < 4.78 is 18.2. The highest BCUT2D eigenvalue weighted by Crippen LogP contribution is 2.77. The molecule has 2 heterocycles. The molecule has 1 aromatic carbocycles. The van der Waals surface area contributed by atoms with Crippen molar-refractivity contribution in [2.24, 2.45) is 34.0 Å². The second kappa shape index (κ2) is 7.99. The van der Waals surface area contributed by atoms with Gasteiger partial charge in [-0.15, -0.1) is 0 Å². The molecule has 6 aliphatic rings. The van der Waals surface area contributed by atoms with Crippen LogP contribution < -0.4 is 0 Å². The zero-order chi connectivity index (χ0) is 27.4. The molecule has 2 saturated heterocycles. The highest BCUT2D eigenvalue weighted by molar-refractivity contribution is 6.05. The highest BCUT2D eigenvalue weighted by atomic mass is 16.7. The SMILES string of the molecule is C=C1C(=O)[C@]23[C@H](OC(=O)c4ccc(C)cc4)[C@H]1CC[C@H]2[C@@]12CO[C@@]3(O)[C@@H](O)[C@@H]1C(C)(C)CCC2OC(C)=O. The van der Waals surface area contributed by atoms with Crippen molar-refractivity contribution in [3.63, 3.8) is 0 Å². The molecule has 2 N–H and O–H groups in total. The summed E-state index contributed by atoms with van der Waals surface area (Å²) in [5.41, 5.74) is -1.55. The van der Waals surface area contributed by atoms with E-state index in [-0.39, 0.29) is 12.2 Å². The number of aliphatic hydroxyl groups is 2. The van der Waals surface area contributed by atoms with Crippen LogP contribution in [0.15, 0.2) is 36.4 Å². The lowest BCUT2D eigenvalue weighted by molar-refractivity contribution is -0.457. The van der Waals surface area contributed by atoms with E-state index < -0.39 is 75.8 Å². The molecule has 8 heteroatoms. The first-order valence-electron chi connectivity index (χ1n) is 13.5. The quantitative estimate of drug-likeness (QED) is 0.457. The smallest absolute Gasteiger partial charge is 0.338 e. The van der Waals surface area contributed by atoms with E-state index in [9.17, 15) is 24.6 Å². The van der Waals surface area contributed by atoms with Gasteiger partial charge in [0.05, 0.1) is 12.2 Å². The van der Waals surface area contributed by atoms with Crippen molar-refractivity contribution in [3.8, 4) is 0 Å². The molecule has 8 nitrogen and oxygen atoms in total. The highest BCUT2D eigenvalue weighted by Gasteiger charge is 2.88. The Hall–Kier alpha value is -2.55. The Balaban J connectivity index is 1.53. The minimum absolute atomic E-state index is 0.0298. The largest absolute Gasteiger partial charge is 0.462 e. The standard InChI is InChI=1S/C30H36O8/c1-15-6-8-18(9-7-15)26(34)38-25-19-10-11-20-28-14-36-30(35,29(20,25)23(32)16(19)2)24(33)22(28)27(4,5)13-12-21(28)37-17(3)31/h6-9,19-22,24-25,33,35H,2,10-14H2,1,3-5H3/t19-,20-,21?,22+,24-,25+,28+,29-,30-/m0/s1. The van der Waals surface area contributed by atoms with Crippen LogP contribution in [0.25, 0.3) is 0 Å². The summed E-state index contributed by atoms with van der Waals surface area (Å²) in [5.74, 6) is -5.35. The summed E-state index contributed by atoms with van der Waals surface area (Å²) >= 11 is 0. The number of hydrogen-bond acceptors (Lipinski definition) is 8. The van der Waals surface area contributed by atoms with E-state index in [1.165, 1.54) is 6.92 Å². The summed E-state index contributed by atoms with van der Waals surface area (Å²) in [4.78, 5) is 39.9. The number of rotatable bonds is 3. The first kappa shape index (κ1) is 25.7. The van der Waals surface area contributed by atoms with Crippen LogP contribution >= 0.6 is 0 Å². The number of carbonyl (C=O) groups excluding carboxylic acids is 3. The number of ether oxygens (including phenoxy) is 3. The minimum atomic E-state index is -2.28. The predicted octanol–water partition coefficient (Wildman–Crippen LogP) is 3.12. The van der Waals surface area contributed by atoms with Crippen LogP contribution in [0.5, 0.6) is 0 Å². The van der Waals surface area contributed by atoms with Crippen molar-refractivity contribution in [2.45, 2.75) is 77.5 Å². The number of Topliss-reactive ketones (excluding diaryl/α,β-unsaturated/α-hetero) is 1. The van der Waals surface area contributed by atoms with Crippen LogP contribution in [-0.4, -0.2) is 58.6 Å². The van der Waals surface area contributed by atoms with E-state index in [1.807, 2.05) is 20.8 Å². The zero-order valence-corrected chi connectivity index (χ0v) is 22.4. The average Bonchev–Trinajstić information content (AvgIpc) is 2.97. The molecule has 2 aliphatic heterocycles. The van der Waals surface area contributed by atoms with Crippen molar-refractivity contribution < 1.29 is 38.8 Å². The second-order valence-electron chi connectivity index (χ2n) is 12.8. The monoisotopic (exact) mass is 524 g/mol. The van der Waals surface area contributed by atoms with Gasteiger partial charge in [0, 0.05) is 24.2 Å². The molecule has 9 atom stereocenters. The molecular weight excluding hydrogens is 488 g/mol. The average molecular weight is 525 g/mol. The Labute approximate surface area is 222 Å². The molecule has 7 rings (SSSR count). The van der Waals surface area contributed by atoms with Crippen molar-refractivity contribution >= 4 is 17.7 Å². The topological polar surface area (TPSA) is 119 Å². The molecule has 1 aromatic rings. The Morgan fingerprint density at radius 3 is 2.45 bits per heavy atom. The van der Waals surface area contributed by atoms with Gasteiger partial charge in [-0.05, 0) is 61.6 Å². The third-order valence-electron chi connectivity index (χ3n) is 10.6. The van der Waals surface area contributed by atoms with Gasteiger partial charge in [-0.3, -0.25) is 9.59 Å². The van der Waals surface area contributed by atoms with E-state index in [2.05, 4.69) is 6.58 Å². The molecule has 2 spiro atoms. The van der Waals surface area contributed by atoms with Gasteiger partial charge >= 0.3 is 11.9 Å². The first-order valence-corrected chi connectivity index (χ1v) is 13.5. The van der Waals surface area contributed by atoms with Gasteiger partial charge in [0.15, 0.2) is 5.78 Å². The maximum absolute atomic E-state index is 14.3. The lowest BCUT2D eigenvalue weighted by Crippen LogP contribution is -2.86. The minimum Gasteiger partial charge on any atom is -0.462 e.